The summed E-state index contributed by atoms with van der Waals surface area (Å²) in [6.07, 6.45) is 1.87. The van der Waals surface area contributed by atoms with Crippen LogP contribution in [0.3, 0.4) is 0 Å². The molecule has 1 heterocycles. The molecule has 1 aromatic rings. The highest BCUT2D eigenvalue weighted by molar-refractivity contribution is 7.89. The Hall–Kier alpha value is -1.11. The van der Waals surface area contributed by atoms with Crippen LogP contribution in [0.2, 0.25) is 0 Å². The van der Waals surface area contributed by atoms with Crippen molar-refractivity contribution < 1.29 is 13.2 Å². The van der Waals surface area contributed by atoms with Crippen LogP contribution in [0.25, 0.3) is 0 Å². The zero-order valence-electron chi connectivity index (χ0n) is 12.0. The molecule has 0 amide bonds. The van der Waals surface area contributed by atoms with Gasteiger partial charge in [-0.3, -0.25) is 0 Å². The normalized spacial score (nSPS) is 20.2. The Balaban J connectivity index is 2.09. The summed E-state index contributed by atoms with van der Waals surface area (Å²) >= 11 is 0. The van der Waals surface area contributed by atoms with E-state index in [9.17, 15) is 8.42 Å². The van der Waals surface area contributed by atoms with Gasteiger partial charge >= 0.3 is 0 Å². The quantitative estimate of drug-likeness (QED) is 0.808. The fourth-order valence-electron chi connectivity index (χ4n) is 2.38. The van der Waals surface area contributed by atoms with Gasteiger partial charge < -0.3 is 10.1 Å². The molecule has 1 unspecified atom stereocenters. The highest BCUT2D eigenvalue weighted by Crippen LogP contribution is 2.26. The Labute approximate surface area is 121 Å². The maximum Gasteiger partial charge on any atom is 0.243 e. The van der Waals surface area contributed by atoms with Crippen LogP contribution in [-0.4, -0.2) is 45.5 Å². The van der Waals surface area contributed by atoms with Crippen molar-refractivity contribution in [1.82, 2.24) is 9.62 Å². The number of hydrogen-bond donors (Lipinski definition) is 1. The van der Waals surface area contributed by atoms with Crippen molar-refractivity contribution in [2.75, 3.05) is 26.7 Å². The van der Waals surface area contributed by atoms with Gasteiger partial charge in [-0.2, -0.15) is 4.31 Å². The standard InChI is InChI=1S/C14H22N2O3S/c1-12-4-3-10-16(12)20(17,18)14-7-5-13(6-8-14)19-11-9-15-2/h5-8,12,15H,3-4,9-11H2,1-2H3. The number of hydrogen-bond acceptors (Lipinski definition) is 4. The first-order valence-electron chi connectivity index (χ1n) is 6.95. The van der Waals surface area contributed by atoms with Crippen molar-refractivity contribution >= 4 is 10.0 Å². The highest BCUT2D eigenvalue weighted by Gasteiger charge is 2.32. The molecule has 0 aliphatic carbocycles. The Morgan fingerprint density at radius 3 is 2.60 bits per heavy atom. The largest absolute Gasteiger partial charge is 0.492 e. The van der Waals surface area contributed by atoms with E-state index < -0.39 is 10.0 Å². The van der Waals surface area contributed by atoms with Crippen LogP contribution >= 0.6 is 0 Å². The van der Waals surface area contributed by atoms with E-state index in [0.717, 1.165) is 19.4 Å². The molecule has 1 saturated heterocycles. The molecular formula is C14H22N2O3S. The predicted molar refractivity (Wildman–Crippen MR) is 78.5 cm³/mol. The van der Waals surface area contributed by atoms with E-state index in [1.165, 1.54) is 0 Å². The van der Waals surface area contributed by atoms with Crippen molar-refractivity contribution in [2.45, 2.75) is 30.7 Å². The monoisotopic (exact) mass is 298 g/mol. The molecule has 0 bridgehead atoms. The molecule has 1 fully saturated rings. The minimum atomic E-state index is -3.36. The Bertz CT molecular complexity index is 528. The number of nitrogens with one attached hydrogen (secondary N) is 1. The topological polar surface area (TPSA) is 58.6 Å². The van der Waals surface area contributed by atoms with Crippen LogP contribution in [0.15, 0.2) is 29.2 Å². The van der Waals surface area contributed by atoms with Crippen LogP contribution in [0.5, 0.6) is 5.75 Å². The summed E-state index contributed by atoms with van der Waals surface area (Å²) in [4.78, 5) is 0.340. The van der Waals surface area contributed by atoms with Crippen LogP contribution in [0.4, 0.5) is 0 Å². The first-order chi connectivity index (χ1) is 9.55. The molecule has 0 saturated carbocycles. The van der Waals surface area contributed by atoms with Gasteiger partial charge in [-0.25, -0.2) is 8.42 Å². The SMILES string of the molecule is CNCCOc1ccc(S(=O)(=O)N2CCCC2C)cc1. The van der Waals surface area contributed by atoms with Crippen molar-refractivity contribution in [3.05, 3.63) is 24.3 Å². The molecule has 20 heavy (non-hydrogen) atoms. The van der Waals surface area contributed by atoms with Crippen LogP contribution < -0.4 is 10.1 Å². The zero-order chi connectivity index (χ0) is 14.6. The van der Waals surface area contributed by atoms with Crippen LogP contribution in [0, 0.1) is 0 Å². The number of benzene rings is 1. The minimum Gasteiger partial charge on any atom is -0.492 e. The van der Waals surface area contributed by atoms with E-state index in [0.29, 0.717) is 23.8 Å². The minimum absolute atomic E-state index is 0.0894. The molecule has 0 aromatic heterocycles. The maximum atomic E-state index is 12.5. The molecule has 112 valence electrons. The van der Waals surface area contributed by atoms with E-state index >= 15 is 0 Å². The first-order valence-corrected chi connectivity index (χ1v) is 8.39. The van der Waals surface area contributed by atoms with E-state index in [4.69, 9.17) is 4.74 Å². The molecule has 1 aliphatic rings. The van der Waals surface area contributed by atoms with E-state index in [1.54, 1.807) is 28.6 Å². The molecule has 0 spiro atoms. The molecule has 1 N–H and O–H groups in total. The van der Waals surface area contributed by atoms with Gasteiger partial charge in [0.15, 0.2) is 0 Å². The van der Waals surface area contributed by atoms with Gasteiger partial charge in [-0.1, -0.05) is 0 Å². The van der Waals surface area contributed by atoms with E-state index in [-0.39, 0.29) is 6.04 Å². The van der Waals surface area contributed by atoms with Gasteiger partial charge in [0.1, 0.15) is 12.4 Å². The van der Waals surface area contributed by atoms with Crippen molar-refractivity contribution in [2.24, 2.45) is 0 Å². The molecule has 5 nitrogen and oxygen atoms in total. The van der Waals surface area contributed by atoms with Crippen molar-refractivity contribution in [3.63, 3.8) is 0 Å². The molecule has 2 rings (SSSR count). The van der Waals surface area contributed by atoms with Gasteiger partial charge in [0.05, 0.1) is 4.90 Å². The Kier molecular flexibility index (Phi) is 5.01. The summed E-state index contributed by atoms with van der Waals surface area (Å²) in [5, 5.41) is 2.99. The average Bonchev–Trinajstić information content (AvgIpc) is 2.87. The average molecular weight is 298 g/mol. The zero-order valence-corrected chi connectivity index (χ0v) is 12.8. The summed E-state index contributed by atoms with van der Waals surface area (Å²) in [7, 11) is -1.51. The fourth-order valence-corrected chi connectivity index (χ4v) is 4.08. The summed E-state index contributed by atoms with van der Waals surface area (Å²) in [6.45, 7) is 3.89. The smallest absolute Gasteiger partial charge is 0.243 e. The molecule has 1 aliphatic heterocycles. The summed E-state index contributed by atoms with van der Waals surface area (Å²) < 4.78 is 32.1. The number of nitrogens with zero attached hydrogens (tertiary/aromatic N) is 1. The van der Waals surface area contributed by atoms with Crippen molar-refractivity contribution in [3.8, 4) is 5.75 Å². The number of sulfonamides is 1. The maximum absolute atomic E-state index is 12.5. The third-order valence-corrected chi connectivity index (χ3v) is 5.57. The van der Waals surface area contributed by atoms with Crippen molar-refractivity contribution in [1.29, 1.82) is 0 Å². The molecule has 1 atom stereocenters. The van der Waals surface area contributed by atoms with Gasteiger partial charge in [0.25, 0.3) is 0 Å². The number of rotatable bonds is 6. The fraction of sp³-hybridized carbons (Fsp3) is 0.571. The third kappa shape index (κ3) is 3.31. The summed E-state index contributed by atoms with van der Waals surface area (Å²) in [5.74, 6) is 0.689. The Morgan fingerprint density at radius 1 is 1.35 bits per heavy atom. The third-order valence-electron chi connectivity index (χ3n) is 3.54. The lowest BCUT2D eigenvalue weighted by Gasteiger charge is -2.21. The molecular weight excluding hydrogens is 276 g/mol. The van der Waals surface area contributed by atoms with E-state index in [2.05, 4.69) is 5.32 Å². The molecule has 1 aromatic carbocycles. The van der Waals surface area contributed by atoms with Gasteiger partial charge in [0.2, 0.25) is 10.0 Å². The van der Waals surface area contributed by atoms with Gasteiger partial charge in [-0.05, 0) is 51.1 Å². The lowest BCUT2D eigenvalue weighted by molar-refractivity contribution is 0.318. The summed E-state index contributed by atoms with van der Waals surface area (Å²) in [5.41, 5.74) is 0. The van der Waals surface area contributed by atoms with Crippen LogP contribution in [-0.2, 0) is 10.0 Å². The van der Waals surface area contributed by atoms with Gasteiger partial charge in [0, 0.05) is 19.1 Å². The molecule has 0 radical (unpaired) electrons. The predicted octanol–water partition coefficient (Wildman–Crippen LogP) is 1.46. The van der Waals surface area contributed by atoms with Gasteiger partial charge in [-0.15, -0.1) is 0 Å². The van der Waals surface area contributed by atoms with E-state index in [1.807, 2.05) is 14.0 Å². The highest BCUT2D eigenvalue weighted by atomic mass is 32.2. The number of ether oxygens (including phenoxy) is 1. The lowest BCUT2D eigenvalue weighted by atomic mass is 10.3. The second-order valence-electron chi connectivity index (χ2n) is 5.03. The molecule has 6 heteroatoms. The second-order valence-corrected chi connectivity index (χ2v) is 6.92. The van der Waals surface area contributed by atoms with Crippen LogP contribution in [0.1, 0.15) is 19.8 Å². The second kappa shape index (κ2) is 6.56. The number of likely N-dealkylation sites (N-methyl/N-ethyl adjacent to an activating group) is 1. The first kappa shape index (κ1) is 15.3. The summed E-state index contributed by atoms with van der Waals surface area (Å²) in [6, 6.07) is 6.75. The Morgan fingerprint density at radius 2 is 2.05 bits per heavy atom. The lowest BCUT2D eigenvalue weighted by Crippen LogP contribution is -2.33.